The van der Waals surface area contributed by atoms with Crippen molar-refractivity contribution in [2.75, 3.05) is 5.32 Å². The molecule has 98 valence electrons. The number of anilines is 1. The fraction of sp³-hybridized carbons (Fsp3) is 0.143. The maximum absolute atomic E-state index is 11.8. The van der Waals surface area contributed by atoms with E-state index in [1.807, 2.05) is 24.3 Å². The molecule has 0 atom stereocenters. The van der Waals surface area contributed by atoms with Crippen molar-refractivity contribution < 1.29 is 9.59 Å². The first-order valence-electron chi connectivity index (χ1n) is 5.77. The van der Waals surface area contributed by atoms with E-state index in [-0.39, 0.29) is 18.2 Å². The van der Waals surface area contributed by atoms with E-state index in [0.717, 1.165) is 10.2 Å². The van der Waals surface area contributed by atoms with E-state index in [1.165, 1.54) is 6.92 Å². The van der Waals surface area contributed by atoms with Crippen LogP contribution in [0, 0.1) is 0 Å². The molecule has 0 aliphatic heterocycles. The highest BCUT2D eigenvalue weighted by Crippen LogP contribution is 2.15. The van der Waals surface area contributed by atoms with Gasteiger partial charge in [-0.15, -0.1) is 0 Å². The van der Waals surface area contributed by atoms with Crippen LogP contribution in [-0.4, -0.2) is 16.3 Å². The molecular weight excluding hydrogens is 308 g/mol. The summed E-state index contributed by atoms with van der Waals surface area (Å²) in [4.78, 5) is 23.0. The standard InChI is InChI=1S/C14H13BrN2O2/c1-10(18)11-5-6-17(8-11)9-14(19)16-13-4-2-3-12(15)7-13/h2-8H,9H2,1H3,(H,16,19). The lowest BCUT2D eigenvalue weighted by molar-refractivity contribution is -0.116. The average molecular weight is 321 g/mol. The van der Waals surface area contributed by atoms with Gasteiger partial charge in [0.15, 0.2) is 5.78 Å². The molecule has 19 heavy (non-hydrogen) atoms. The highest BCUT2D eigenvalue weighted by Gasteiger charge is 2.06. The second-order valence-electron chi connectivity index (χ2n) is 4.19. The van der Waals surface area contributed by atoms with Crippen molar-refractivity contribution in [3.63, 3.8) is 0 Å². The van der Waals surface area contributed by atoms with E-state index in [9.17, 15) is 9.59 Å². The van der Waals surface area contributed by atoms with Gasteiger partial charge in [-0.3, -0.25) is 9.59 Å². The van der Waals surface area contributed by atoms with Gasteiger partial charge in [-0.1, -0.05) is 22.0 Å². The van der Waals surface area contributed by atoms with Crippen LogP contribution in [0.4, 0.5) is 5.69 Å². The van der Waals surface area contributed by atoms with Gasteiger partial charge in [-0.25, -0.2) is 0 Å². The van der Waals surface area contributed by atoms with Crippen molar-refractivity contribution in [1.82, 2.24) is 4.57 Å². The molecule has 1 aromatic heterocycles. The van der Waals surface area contributed by atoms with Crippen LogP contribution in [0.2, 0.25) is 0 Å². The first kappa shape index (κ1) is 13.5. The number of aromatic nitrogens is 1. The minimum atomic E-state index is -0.135. The molecule has 0 saturated carbocycles. The van der Waals surface area contributed by atoms with Gasteiger partial charge in [0.25, 0.3) is 0 Å². The molecule has 1 amide bonds. The third kappa shape index (κ3) is 3.79. The number of carbonyl (C=O) groups excluding carboxylic acids is 2. The van der Waals surface area contributed by atoms with Crippen molar-refractivity contribution in [2.24, 2.45) is 0 Å². The van der Waals surface area contributed by atoms with Crippen LogP contribution in [0.3, 0.4) is 0 Å². The van der Waals surface area contributed by atoms with Crippen LogP contribution in [0.15, 0.2) is 47.2 Å². The molecule has 1 N–H and O–H groups in total. The van der Waals surface area contributed by atoms with Crippen molar-refractivity contribution in [1.29, 1.82) is 0 Å². The van der Waals surface area contributed by atoms with E-state index in [1.54, 1.807) is 23.0 Å². The Bertz CT molecular complexity index is 619. The predicted molar refractivity (Wildman–Crippen MR) is 77.2 cm³/mol. The summed E-state index contributed by atoms with van der Waals surface area (Å²) in [5, 5.41) is 2.80. The highest BCUT2D eigenvalue weighted by molar-refractivity contribution is 9.10. The average Bonchev–Trinajstić information content (AvgIpc) is 2.77. The number of rotatable bonds is 4. The van der Waals surface area contributed by atoms with Crippen LogP contribution in [0.25, 0.3) is 0 Å². The summed E-state index contributed by atoms with van der Waals surface area (Å²) in [5.41, 5.74) is 1.34. The largest absolute Gasteiger partial charge is 0.344 e. The molecule has 1 aromatic carbocycles. The molecule has 5 heteroatoms. The highest BCUT2D eigenvalue weighted by atomic mass is 79.9. The lowest BCUT2D eigenvalue weighted by atomic mass is 10.2. The maximum atomic E-state index is 11.8. The zero-order valence-corrected chi connectivity index (χ0v) is 12.0. The van der Waals surface area contributed by atoms with Crippen LogP contribution in [0.5, 0.6) is 0 Å². The zero-order valence-electron chi connectivity index (χ0n) is 10.4. The van der Waals surface area contributed by atoms with Gasteiger partial charge in [0.2, 0.25) is 5.91 Å². The Labute approximate surface area is 119 Å². The monoisotopic (exact) mass is 320 g/mol. The topological polar surface area (TPSA) is 51.1 Å². The van der Waals surface area contributed by atoms with Gasteiger partial charge in [0.1, 0.15) is 6.54 Å². The van der Waals surface area contributed by atoms with Gasteiger partial charge in [-0.05, 0) is 31.2 Å². The van der Waals surface area contributed by atoms with E-state index in [2.05, 4.69) is 21.2 Å². The Kier molecular flexibility index (Phi) is 4.16. The summed E-state index contributed by atoms with van der Waals surface area (Å²) >= 11 is 3.34. The fourth-order valence-corrected chi connectivity index (χ4v) is 2.08. The molecule has 2 rings (SSSR count). The summed E-state index contributed by atoms with van der Waals surface area (Å²) in [5.74, 6) is -0.144. The van der Waals surface area contributed by atoms with E-state index < -0.39 is 0 Å². The summed E-state index contributed by atoms with van der Waals surface area (Å²) in [7, 11) is 0. The van der Waals surface area contributed by atoms with Crippen molar-refractivity contribution in [3.05, 3.63) is 52.8 Å². The Balaban J connectivity index is 1.99. The number of carbonyl (C=O) groups is 2. The molecule has 0 saturated heterocycles. The SMILES string of the molecule is CC(=O)c1ccn(CC(=O)Nc2cccc(Br)c2)c1. The lowest BCUT2D eigenvalue weighted by Gasteiger charge is -2.06. The first-order chi connectivity index (χ1) is 9.04. The smallest absolute Gasteiger partial charge is 0.244 e. The van der Waals surface area contributed by atoms with Crippen molar-refractivity contribution in [2.45, 2.75) is 13.5 Å². The Morgan fingerprint density at radius 3 is 2.74 bits per heavy atom. The number of Topliss-reactive ketones (excluding diaryl/α,β-unsaturated/α-hetero) is 1. The third-order valence-corrected chi connectivity index (χ3v) is 3.08. The summed E-state index contributed by atoms with van der Waals surface area (Å²) in [6.07, 6.45) is 3.39. The van der Waals surface area contributed by atoms with Crippen LogP contribution < -0.4 is 5.32 Å². The number of hydrogen-bond acceptors (Lipinski definition) is 2. The molecular formula is C14H13BrN2O2. The predicted octanol–water partition coefficient (Wildman–Crippen LogP) is 3.09. The number of nitrogens with zero attached hydrogens (tertiary/aromatic N) is 1. The van der Waals surface area contributed by atoms with Gasteiger partial charge in [-0.2, -0.15) is 0 Å². The van der Waals surface area contributed by atoms with Gasteiger partial charge < -0.3 is 9.88 Å². The number of amides is 1. The second-order valence-corrected chi connectivity index (χ2v) is 5.10. The van der Waals surface area contributed by atoms with Crippen LogP contribution in [-0.2, 0) is 11.3 Å². The van der Waals surface area contributed by atoms with Gasteiger partial charge in [0.05, 0.1) is 0 Å². The number of ketones is 1. The summed E-state index contributed by atoms with van der Waals surface area (Å²) < 4.78 is 2.59. The molecule has 0 aliphatic carbocycles. The van der Waals surface area contributed by atoms with E-state index >= 15 is 0 Å². The van der Waals surface area contributed by atoms with Crippen LogP contribution >= 0.6 is 15.9 Å². The molecule has 0 spiro atoms. The van der Waals surface area contributed by atoms with Gasteiger partial charge >= 0.3 is 0 Å². The molecule has 1 heterocycles. The summed E-state index contributed by atoms with van der Waals surface area (Å²) in [6.45, 7) is 1.68. The number of nitrogens with one attached hydrogen (secondary N) is 1. The molecule has 0 aliphatic rings. The number of benzene rings is 1. The van der Waals surface area contributed by atoms with E-state index in [4.69, 9.17) is 0 Å². The molecule has 0 bridgehead atoms. The number of halogens is 1. The Morgan fingerprint density at radius 1 is 1.32 bits per heavy atom. The molecule has 0 radical (unpaired) electrons. The third-order valence-electron chi connectivity index (χ3n) is 2.59. The molecule has 4 nitrogen and oxygen atoms in total. The van der Waals surface area contributed by atoms with Crippen LogP contribution in [0.1, 0.15) is 17.3 Å². The minimum absolute atomic E-state index is 0.00820. The van der Waals surface area contributed by atoms with Crippen molar-refractivity contribution >= 4 is 33.3 Å². The fourth-order valence-electron chi connectivity index (χ4n) is 1.68. The first-order valence-corrected chi connectivity index (χ1v) is 6.56. The Hall–Kier alpha value is -1.88. The molecule has 2 aromatic rings. The summed E-state index contributed by atoms with van der Waals surface area (Å²) in [6, 6.07) is 9.09. The minimum Gasteiger partial charge on any atom is -0.344 e. The maximum Gasteiger partial charge on any atom is 0.244 e. The number of hydrogen-bond donors (Lipinski definition) is 1. The van der Waals surface area contributed by atoms with E-state index in [0.29, 0.717) is 5.56 Å². The Morgan fingerprint density at radius 2 is 2.11 bits per heavy atom. The molecule has 0 fully saturated rings. The van der Waals surface area contributed by atoms with Gasteiger partial charge in [0, 0.05) is 28.1 Å². The zero-order chi connectivity index (χ0) is 13.8. The molecule has 0 unspecified atom stereocenters. The quantitative estimate of drug-likeness (QED) is 0.880. The normalized spacial score (nSPS) is 10.2. The van der Waals surface area contributed by atoms with Crippen molar-refractivity contribution in [3.8, 4) is 0 Å². The second kappa shape index (κ2) is 5.84. The lowest BCUT2D eigenvalue weighted by Crippen LogP contribution is -2.17.